The van der Waals surface area contributed by atoms with Gasteiger partial charge in [0, 0.05) is 25.8 Å². The Morgan fingerprint density at radius 1 is 0.595 bits per heavy atom. The molecule has 42 heavy (non-hydrogen) atoms. The molecule has 0 aliphatic carbocycles. The summed E-state index contributed by atoms with van der Waals surface area (Å²) in [5.41, 5.74) is 2.40. The highest BCUT2D eigenvalue weighted by atomic mass is 16.4. The van der Waals surface area contributed by atoms with E-state index in [2.05, 4.69) is 16.1 Å². The number of aliphatic carboxylic acids is 2. The van der Waals surface area contributed by atoms with Gasteiger partial charge in [-0.1, -0.05) is 89.9 Å². The van der Waals surface area contributed by atoms with Crippen LogP contribution in [0.15, 0.2) is 0 Å². The molecule has 0 saturated heterocycles. The predicted octanol–water partition coefficient (Wildman–Crippen LogP) is 4.76. The Morgan fingerprint density at radius 3 is 1.50 bits per heavy atom. The summed E-state index contributed by atoms with van der Waals surface area (Å²) >= 11 is 0. The smallest absolute Gasteiger partial charge is 0.326 e. The molecule has 0 radical (unpaired) electrons. The van der Waals surface area contributed by atoms with Crippen LogP contribution >= 0.6 is 0 Å². The van der Waals surface area contributed by atoms with Gasteiger partial charge in [0.15, 0.2) is 0 Å². The Bertz CT molecular complexity index is 736. The number of hydrazine groups is 1. The lowest BCUT2D eigenvalue weighted by Gasteiger charge is -2.14. The first-order chi connectivity index (χ1) is 20.3. The van der Waals surface area contributed by atoms with Crippen molar-refractivity contribution in [2.45, 2.75) is 160 Å². The molecule has 2 amide bonds. The third-order valence-corrected chi connectivity index (χ3v) is 7.48. The number of hydrogen-bond acceptors (Lipinski definition) is 7. The second-order valence-electron chi connectivity index (χ2n) is 11.3. The highest BCUT2D eigenvalue weighted by Gasteiger charge is 2.20. The van der Waals surface area contributed by atoms with Crippen molar-refractivity contribution in [2.24, 2.45) is 5.84 Å². The van der Waals surface area contributed by atoms with E-state index in [0.717, 1.165) is 51.2 Å². The molecular formula is C31H58N4O7. The monoisotopic (exact) mass is 598 g/mol. The highest BCUT2D eigenvalue weighted by molar-refractivity contribution is 5.84. The van der Waals surface area contributed by atoms with E-state index in [1.165, 1.54) is 57.8 Å². The fourth-order valence-electron chi connectivity index (χ4n) is 4.83. The molecule has 0 bridgehead atoms. The number of hydrogen-bond donors (Lipinski definition) is 6. The Balaban J connectivity index is 3.65. The van der Waals surface area contributed by atoms with E-state index in [-0.39, 0.29) is 31.1 Å². The molecule has 0 aliphatic rings. The van der Waals surface area contributed by atoms with Crippen molar-refractivity contribution in [1.82, 2.24) is 16.1 Å². The number of carbonyl (C=O) groups is 5. The lowest BCUT2D eigenvalue weighted by Crippen LogP contribution is -2.41. The molecular weight excluding hydrogens is 540 g/mol. The number of aldehydes is 1. The SMILES string of the molecule is NN[C@H](C=O)CCCCNC(=O)CCC(NC(=O)CCCCCCCCCCCCCCCCCCC(=O)O)C(=O)O. The summed E-state index contributed by atoms with van der Waals surface area (Å²) < 4.78 is 0. The minimum atomic E-state index is -1.14. The zero-order valence-corrected chi connectivity index (χ0v) is 25.7. The molecule has 11 nitrogen and oxygen atoms in total. The summed E-state index contributed by atoms with van der Waals surface area (Å²) in [7, 11) is 0. The molecule has 2 atom stereocenters. The number of carboxylic acid groups (broad SMARTS) is 2. The van der Waals surface area contributed by atoms with Gasteiger partial charge >= 0.3 is 11.9 Å². The average Bonchev–Trinajstić information content (AvgIpc) is 2.96. The Morgan fingerprint density at radius 2 is 1.07 bits per heavy atom. The Kier molecular flexibility index (Phi) is 26.9. The van der Waals surface area contributed by atoms with Crippen LogP contribution < -0.4 is 21.9 Å². The molecule has 0 saturated carbocycles. The fourth-order valence-corrected chi connectivity index (χ4v) is 4.83. The van der Waals surface area contributed by atoms with Crippen LogP contribution in [-0.4, -0.2) is 58.9 Å². The van der Waals surface area contributed by atoms with Gasteiger partial charge < -0.3 is 25.6 Å². The molecule has 0 aliphatic heterocycles. The number of rotatable bonds is 31. The van der Waals surface area contributed by atoms with Crippen LogP contribution in [0.25, 0.3) is 0 Å². The molecule has 0 aromatic carbocycles. The van der Waals surface area contributed by atoms with E-state index in [0.29, 0.717) is 32.2 Å². The second-order valence-corrected chi connectivity index (χ2v) is 11.3. The number of nitrogens with two attached hydrogens (primary N) is 1. The summed E-state index contributed by atoms with van der Waals surface area (Å²) in [4.78, 5) is 56.9. The first kappa shape index (κ1) is 39.5. The van der Waals surface area contributed by atoms with Gasteiger partial charge in [-0.25, -0.2) is 4.79 Å². The van der Waals surface area contributed by atoms with E-state index in [1.54, 1.807) is 0 Å². The van der Waals surface area contributed by atoms with Crippen LogP contribution in [0, 0.1) is 0 Å². The maximum Gasteiger partial charge on any atom is 0.326 e. The summed E-state index contributed by atoms with van der Waals surface area (Å²) in [5.74, 6) is 2.83. The van der Waals surface area contributed by atoms with Crippen LogP contribution in [0.4, 0.5) is 0 Å². The van der Waals surface area contributed by atoms with Crippen molar-refractivity contribution >= 4 is 30.0 Å². The minimum Gasteiger partial charge on any atom is -0.481 e. The van der Waals surface area contributed by atoms with Crippen molar-refractivity contribution in [3.63, 3.8) is 0 Å². The Labute approximate surface area is 252 Å². The van der Waals surface area contributed by atoms with Crippen LogP contribution in [-0.2, 0) is 24.0 Å². The average molecular weight is 599 g/mol. The number of nitrogens with one attached hydrogen (secondary N) is 3. The van der Waals surface area contributed by atoms with Crippen LogP contribution in [0.1, 0.15) is 148 Å². The van der Waals surface area contributed by atoms with Crippen molar-refractivity contribution in [3.05, 3.63) is 0 Å². The molecule has 0 heterocycles. The Hall–Kier alpha value is -2.53. The molecule has 0 spiro atoms. The van der Waals surface area contributed by atoms with E-state index in [9.17, 15) is 29.1 Å². The van der Waals surface area contributed by atoms with Gasteiger partial charge in [-0.05, 0) is 38.5 Å². The van der Waals surface area contributed by atoms with Gasteiger partial charge in [0.2, 0.25) is 11.8 Å². The molecule has 244 valence electrons. The van der Waals surface area contributed by atoms with Gasteiger partial charge in [-0.2, -0.15) is 0 Å². The fraction of sp³-hybridized carbons (Fsp3) is 0.839. The van der Waals surface area contributed by atoms with Crippen molar-refractivity contribution in [3.8, 4) is 0 Å². The van der Waals surface area contributed by atoms with Crippen LogP contribution in [0.3, 0.4) is 0 Å². The van der Waals surface area contributed by atoms with Crippen molar-refractivity contribution in [1.29, 1.82) is 0 Å². The summed E-state index contributed by atoms with van der Waals surface area (Å²) in [6.07, 6.45) is 21.5. The zero-order chi connectivity index (χ0) is 31.3. The number of unbranched alkanes of at least 4 members (excludes halogenated alkanes) is 16. The van der Waals surface area contributed by atoms with Crippen LogP contribution in [0.2, 0.25) is 0 Å². The maximum absolute atomic E-state index is 12.2. The molecule has 0 aromatic rings. The molecule has 0 rings (SSSR count). The van der Waals surface area contributed by atoms with E-state index in [1.807, 2.05) is 0 Å². The minimum absolute atomic E-state index is 0.0101. The highest BCUT2D eigenvalue weighted by Crippen LogP contribution is 2.14. The van der Waals surface area contributed by atoms with Crippen molar-refractivity contribution in [2.75, 3.05) is 6.54 Å². The molecule has 11 heteroatoms. The van der Waals surface area contributed by atoms with Gasteiger partial charge in [-0.15, -0.1) is 0 Å². The van der Waals surface area contributed by atoms with E-state index < -0.39 is 24.0 Å². The second kappa shape index (κ2) is 28.6. The summed E-state index contributed by atoms with van der Waals surface area (Å²) in [6, 6.07) is -1.48. The largest absolute Gasteiger partial charge is 0.481 e. The van der Waals surface area contributed by atoms with Crippen molar-refractivity contribution < 1.29 is 34.2 Å². The number of amides is 2. The zero-order valence-electron chi connectivity index (χ0n) is 25.7. The molecule has 7 N–H and O–H groups in total. The van der Waals surface area contributed by atoms with Crippen LogP contribution in [0.5, 0.6) is 0 Å². The summed E-state index contributed by atoms with van der Waals surface area (Å²) in [5, 5.41) is 23.3. The van der Waals surface area contributed by atoms with Gasteiger partial charge in [0.1, 0.15) is 12.3 Å². The first-order valence-electron chi connectivity index (χ1n) is 16.2. The maximum atomic E-state index is 12.2. The standard InChI is InChI=1S/C31H58N4O7/c32-35-26(25-36)19-17-18-24-33-28(37)23-22-27(31(41)42)34-29(38)20-15-13-11-9-7-5-3-1-2-4-6-8-10-12-14-16-21-30(39)40/h25-27,35H,1-24,32H2,(H,33,37)(H,34,38)(H,39,40)(H,41,42)/t26-,27?/m0/s1. The lowest BCUT2D eigenvalue weighted by atomic mass is 10.0. The lowest BCUT2D eigenvalue weighted by molar-refractivity contribution is -0.142. The van der Waals surface area contributed by atoms with Gasteiger partial charge in [0.25, 0.3) is 0 Å². The molecule has 0 fully saturated rings. The summed E-state index contributed by atoms with van der Waals surface area (Å²) in [6.45, 7) is 0.431. The van der Waals surface area contributed by atoms with Gasteiger partial charge in [0.05, 0.1) is 6.04 Å². The molecule has 1 unspecified atom stereocenters. The number of carbonyl (C=O) groups excluding carboxylic acids is 3. The normalized spacial score (nSPS) is 12.4. The third kappa shape index (κ3) is 26.4. The number of carboxylic acids is 2. The first-order valence-corrected chi connectivity index (χ1v) is 16.2. The third-order valence-electron chi connectivity index (χ3n) is 7.48. The van der Waals surface area contributed by atoms with E-state index in [4.69, 9.17) is 10.9 Å². The predicted molar refractivity (Wildman–Crippen MR) is 164 cm³/mol. The van der Waals surface area contributed by atoms with E-state index >= 15 is 0 Å². The van der Waals surface area contributed by atoms with Gasteiger partial charge in [-0.3, -0.25) is 25.7 Å². The quantitative estimate of drug-likeness (QED) is 0.0283. The molecule has 0 aromatic heterocycles. The topological polar surface area (TPSA) is 188 Å².